The van der Waals surface area contributed by atoms with E-state index in [4.69, 9.17) is 4.74 Å². The lowest BCUT2D eigenvalue weighted by Crippen LogP contribution is -2.37. The zero-order valence-corrected chi connectivity index (χ0v) is 14.4. The molecule has 5 nitrogen and oxygen atoms in total. The van der Waals surface area contributed by atoms with Gasteiger partial charge in [-0.15, -0.1) is 0 Å². The summed E-state index contributed by atoms with van der Waals surface area (Å²) in [4.78, 5) is 18.4. The van der Waals surface area contributed by atoms with Crippen LogP contribution in [-0.4, -0.2) is 33.2 Å². The first-order valence-electron chi connectivity index (χ1n) is 7.99. The minimum atomic E-state index is -0.556. The Labute approximate surface area is 142 Å². The smallest absolute Gasteiger partial charge is 0.410 e. The summed E-state index contributed by atoms with van der Waals surface area (Å²) in [7, 11) is 0. The van der Waals surface area contributed by atoms with E-state index in [1.54, 1.807) is 29.3 Å². The number of rotatable bonds is 5. The van der Waals surface area contributed by atoms with Crippen LogP contribution in [-0.2, 0) is 17.7 Å². The zero-order valence-electron chi connectivity index (χ0n) is 14.4. The average Bonchev–Trinajstić information content (AvgIpc) is 2.50. The molecule has 0 aliphatic rings. The fourth-order valence-corrected chi connectivity index (χ4v) is 2.23. The van der Waals surface area contributed by atoms with Gasteiger partial charge in [0, 0.05) is 31.4 Å². The summed E-state index contributed by atoms with van der Waals surface area (Å²) in [6.07, 6.45) is 2.00. The van der Waals surface area contributed by atoms with Crippen LogP contribution >= 0.6 is 0 Å². The molecule has 0 radical (unpaired) electrons. The van der Waals surface area contributed by atoms with E-state index in [2.05, 4.69) is 4.98 Å². The number of phenolic OH excluding ortho intramolecular Hbond substituents is 1. The summed E-state index contributed by atoms with van der Waals surface area (Å²) in [6, 6.07) is 12.6. The summed E-state index contributed by atoms with van der Waals surface area (Å²) in [5, 5.41) is 9.61. The number of ether oxygens (including phenoxy) is 1. The van der Waals surface area contributed by atoms with Crippen LogP contribution < -0.4 is 0 Å². The van der Waals surface area contributed by atoms with E-state index in [9.17, 15) is 9.90 Å². The number of pyridine rings is 1. The van der Waals surface area contributed by atoms with Gasteiger partial charge in [-0.3, -0.25) is 4.98 Å². The van der Waals surface area contributed by atoms with Gasteiger partial charge >= 0.3 is 6.09 Å². The monoisotopic (exact) mass is 328 g/mol. The highest BCUT2D eigenvalue weighted by molar-refractivity contribution is 5.68. The molecular weight excluding hydrogens is 304 g/mol. The molecule has 1 N–H and O–H groups in total. The Balaban J connectivity index is 2.09. The molecule has 0 atom stereocenters. The molecule has 1 amide bonds. The molecule has 0 aliphatic heterocycles. The van der Waals surface area contributed by atoms with Crippen LogP contribution in [0.4, 0.5) is 4.79 Å². The third kappa shape index (κ3) is 5.91. The van der Waals surface area contributed by atoms with Crippen molar-refractivity contribution in [2.75, 3.05) is 6.54 Å². The van der Waals surface area contributed by atoms with Gasteiger partial charge in [0.25, 0.3) is 0 Å². The molecule has 128 valence electrons. The van der Waals surface area contributed by atoms with Crippen LogP contribution in [0.1, 0.15) is 32.0 Å². The minimum absolute atomic E-state index is 0.182. The molecular formula is C19H24N2O3. The summed E-state index contributed by atoms with van der Waals surface area (Å²) in [6.45, 7) is 6.39. The third-order valence-corrected chi connectivity index (χ3v) is 3.30. The van der Waals surface area contributed by atoms with Crippen molar-refractivity contribution in [1.29, 1.82) is 0 Å². The van der Waals surface area contributed by atoms with Crippen LogP contribution in [0.15, 0.2) is 48.7 Å². The average molecular weight is 328 g/mol. The molecule has 0 aliphatic carbocycles. The topological polar surface area (TPSA) is 62.7 Å². The van der Waals surface area contributed by atoms with Crippen molar-refractivity contribution in [1.82, 2.24) is 9.88 Å². The number of hydrogen-bond acceptors (Lipinski definition) is 4. The van der Waals surface area contributed by atoms with Gasteiger partial charge in [0.05, 0.1) is 0 Å². The largest absolute Gasteiger partial charge is 0.508 e. The molecule has 0 bridgehead atoms. The molecule has 1 aromatic carbocycles. The van der Waals surface area contributed by atoms with Crippen LogP contribution in [0.3, 0.4) is 0 Å². The van der Waals surface area contributed by atoms with E-state index in [-0.39, 0.29) is 11.8 Å². The van der Waals surface area contributed by atoms with E-state index in [1.807, 2.05) is 45.0 Å². The summed E-state index contributed by atoms with van der Waals surface area (Å²) in [5.41, 5.74) is 1.21. The van der Waals surface area contributed by atoms with Gasteiger partial charge < -0.3 is 14.7 Å². The number of aromatic hydroxyl groups is 1. The number of benzene rings is 1. The van der Waals surface area contributed by atoms with Crippen molar-refractivity contribution in [3.8, 4) is 5.75 Å². The molecule has 2 aromatic rings. The predicted molar refractivity (Wildman–Crippen MR) is 92.7 cm³/mol. The highest BCUT2D eigenvalue weighted by Crippen LogP contribution is 2.16. The molecule has 1 heterocycles. The number of amides is 1. The standard InChI is InChI=1S/C19H24N2O3/c1-19(2,3)24-18(23)21(12-10-16-8-4-5-11-20-16)14-15-7-6-9-17(22)13-15/h4-9,11,13,22H,10,12,14H2,1-3H3. The molecule has 5 heteroatoms. The molecule has 1 aromatic heterocycles. The summed E-state index contributed by atoms with van der Waals surface area (Å²) < 4.78 is 5.49. The summed E-state index contributed by atoms with van der Waals surface area (Å²) in [5.74, 6) is 0.182. The number of phenols is 1. The Morgan fingerprint density at radius 3 is 2.62 bits per heavy atom. The maximum Gasteiger partial charge on any atom is 0.410 e. The molecule has 0 unspecified atom stereocenters. The van der Waals surface area contributed by atoms with Gasteiger partial charge in [0.2, 0.25) is 0 Å². The molecule has 2 rings (SSSR count). The van der Waals surface area contributed by atoms with Crippen LogP contribution in [0.25, 0.3) is 0 Å². The predicted octanol–water partition coefficient (Wildman–Crippen LogP) is 3.77. The van der Waals surface area contributed by atoms with Crippen LogP contribution in [0, 0.1) is 0 Å². The first-order chi connectivity index (χ1) is 11.3. The number of carbonyl (C=O) groups excluding carboxylic acids is 1. The lowest BCUT2D eigenvalue weighted by Gasteiger charge is -2.27. The van der Waals surface area contributed by atoms with Crippen molar-refractivity contribution in [2.24, 2.45) is 0 Å². The number of aromatic nitrogens is 1. The number of nitrogens with zero attached hydrogens (tertiary/aromatic N) is 2. The van der Waals surface area contributed by atoms with Crippen molar-refractivity contribution in [2.45, 2.75) is 39.3 Å². The van der Waals surface area contributed by atoms with Crippen LogP contribution in [0.5, 0.6) is 5.75 Å². The fourth-order valence-electron chi connectivity index (χ4n) is 2.23. The second-order valence-electron chi connectivity index (χ2n) is 6.64. The third-order valence-electron chi connectivity index (χ3n) is 3.30. The zero-order chi connectivity index (χ0) is 17.6. The maximum atomic E-state index is 12.5. The van der Waals surface area contributed by atoms with Gasteiger partial charge in [-0.25, -0.2) is 4.79 Å². The Bertz CT molecular complexity index is 666. The SMILES string of the molecule is CC(C)(C)OC(=O)N(CCc1ccccn1)Cc1cccc(O)c1. The molecule has 0 saturated carbocycles. The van der Waals surface area contributed by atoms with E-state index < -0.39 is 5.60 Å². The Morgan fingerprint density at radius 2 is 2.00 bits per heavy atom. The van der Waals surface area contributed by atoms with Gasteiger partial charge in [0.15, 0.2) is 0 Å². The molecule has 0 fully saturated rings. The first-order valence-corrected chi connectivity index (χ1v) is 7.99. The van der Waals surface area contributed by atoms with Crippen LogP contribution in [0.2, 0.25) is 0 Å². The maximum absolute atomic E-state index is 12.5. The van der Waals surface area contributed by atoms with E-state index >= 15 is 0 Å². The van der Waals surface area contributed by atoms with Gasteiger partial charge in [-0.1, -0.05) is 18.2 Å². The second-order valence-corrected chi connectivity index (χ2v) is 6.64. The van der Waals surface area contributed by atoms with E-state index in [0.717, 1.165) is 11.3 Å². The number of hydrogen-bond donors (Lipinski definition) is 1. The van der Waals surface area contributed by atoms with Crippen molar-refractivity contribution < 1.29 is 14.6 Å². The van der Waals surface area contributed by atoms with Gasteiger partial charge in [-0.05, 0) is 50.6 Å². The Kier molecular flexibility index (Phi) is 5.79. The highest BCUT2D eigenvalue weighted by Gasteiger charge is 2.22. The van der Waals surface area contributed by atoms with Crippen molar-refractivity contribution >= 4 is 6.09 Å². The Morgan fingerprint density at radius 1 is 1.21 bits per heavy atom. The normalized spacial score (nSPS) is 11.1. The van der Waals surface area contributed by atoms with E-state index in [1.165, 1.54) is 0 Å². The van der Waals surface area contributed by atoms with Crippen molar-refractivity contribution in [3.05, 3.63) is 59.9 Å². The Hall–Kier alpha value is -2.56. The summed E-state index contributed by atoms with van der Waals surface area (Å²) >= 11 is 0. The fraction of sp³-hybridized carbons (Fsp3) is 0.368. The lowest BCUT2D eigenvalue weighted by atomic mass is 10.2. The minimum Gasteiger partial charge on any atom is -0.508 e. The van der Waals surface area contributed by atoms with E-state index in [0.29, 0.717) is 19.5 Å². The van der Waals surface area contributed by atoms with Gasteiger partial charge in [-0.2, -0.15) is 0 Å². The molecule has 0 spiro atoms. The quantitative estimate of drug-likeness (QED) is 0.907. The number of carbonyl (C=O) groups is 1. The van der Waals surface area contributed by atoms with Crippen molar-refractivity contribution in [3.63, 3.8) is 0 Å². The molecule has 0 saturated heterocycles. The highest BCUT2D eigenvalue weighted by atomic mass is 16.6. The second kappa shape index (κ2) is 7.81. The lowest BCUT2D eigenvalue weighted by molar-refractivity contribution is 0.0235. The van der Waals surface area contributed by atoms with Gasteiger partial charge in [0.1, 0.15) is 11.4 Å². The molecule has 24 heavy (non-hydrogen) atoms. The first kappa shape index (κ1) is 17.8.